The largest absolute Gasteiger partial charge is 0.460 e. The molecule has 0 bridgehead atoms. The summed E-state index contributed by atoms with van der Waals surface area (Å²) in [5.41, 5.74) is -2.45. The molecule has 0 aromatic heterocycles. The molecule has 38 heavy (non-hydrogen) atoms. The fraction of sp³-hybridized carbons (Fsp3) is 0.500. The third kappa shape index (κ3) is 5.12. The molecule has 0 saturated carbocycles. The summed E-state index contributed by atoms with van der Waals surface area (Å²) in [5.74, 6) is -50.1. The van der Waals surface area contributed by atoms with Crippen molar-refractivity contribution in [1.29, 1.82) is 0 Å². The standard InChI is InChI=1S/C16H6F18N2O2/c17-9(18,11(21,22)13(25,26)15(29,30)31)7(37)35-5-1-2-6(4-3-5)36-8(38)10(19,20)12(23,24)14(27,28)16(32,33)34/h1-4H,(H,35,37)(H,36,38). The molecule has 2 N–H and O–H groups in total. The second kappa shape index (κ2) is 9.27. The van der Waals surface area contributed by atoms with Crippen LogP contribution in [0.25, 0.3) is 0 Å². The van der Waals surface area contributed by atoms with Crippen LogP contribution in [0, 0.1) is 0 Å². The Balaban J connectivity index is 3.13. The summed E-state index contributed by atoms with van der Waals surface area (Å²) < 4.78 is 230. The molecule has 22 heteroatoms. The molecule has 0 spiro atoms. The van der Waals surface area contributed by atoms with E-state index in [9.17, 15) is 88.6 Å². The van der Waals surface area contributed by atoms with Crippen LogP contribution in [-0.4, -0.2) is 59.7 Å². The summed E-state index contributed by atoms with van der Waals surface area (Å²) >= 11 is 0. The summed E-state index contributed by atoms with van der Waals surface area (Å²) in [5, 5.41) is 1.42. The molecular weight excluding hydrogens is 594 g/mol. The number of carbonyl (C=O) groups is 2. The number of alkyl halides is 18. The Morgan fingerprint density at radius 1 is 0.421 bits per heavy atom. The van der Waals surface area contributed by atoms with Crippen molar-refractivity contribution in [2.75, 3.05) is 10.6 Å². The van der Waals surface area contributed by atoms with Crippen LogP contribution in [0.1, 0.15) is 0 Å². The molecule has 1 aromatic rings. The van der Waals surface area contributed by atoms with E-state index in [4.69, 9.17) is 0 Å². The Kier molecular flexibility index (Phi) is 8.04. The summed E-state index contributed by atoms with van der Waals surface area (Å²) in [7, 11) is 0. The van der Waals surface area contributed by atoms with Crippen molar-refractivity contribution in [3.05, 3.63) is 24.3 Å². The summed E-state index contributed by atoms with van der Waals surface area (Å²) in [6.45, 7) is 0. The van der Waals surface area contributed by atoms with Gasteiger partial charge >= 0.3 is 59.7 Å². The van der Waals surface area contributed by atoms with Gasteiger partial charge in [0.05, 0.1) is 0 Å². The van der Waals surface area contributed by atoms with E-state index in [2.05, 4.69) is 0 Å². The van der Waals surface area contributed by atoms with Crippen molar-refractivity contribution in [3.63, 3.8) is 0 Å². The Hall–Kier alpha value is -3.10. The number of benzene rings is 1. The normalized spacial score (nSPS) is 14.8. The molecule has 0 heterocycles. The SMILES string of the molecule is O=C(Nc1ccc(NC(=O)C(F)(F)C(F)(F)C(F)(F)C(F)(F)F)cc1)C(F)(F)C(F)(F)C(F)(F)C(F)(F)F. The maximum atomic E-state index is 13.5. The highest BCUT2D eigenvalue weighted by Gasteiger charge is 2.84. The molecule has 0 saturated heterocycles. The van der Waals surface area contributed by atoms with Crippen LogP contribution < -0.4 is 10.6 Å². The van der Waals surface area contributed by atoms with Gasteiger partial charge in [-0.15, -0.1) is 0 Å². The van der Waals surface area contributed by atoms with Crippen LogP contribution in [0.5, 0.6) is 0 Å². The third-order valence-electron chi connectivity index (χ3n) is 4.26. The second-order valence-electron chi connectivity index (χ2n) is 6.93. The van der Waals surface area contributed by atoms with Crippen LogP contribution in [0.15, 0.2) is 24.3 Å². The fourth-order valence-electron chi connectivity index (χ4n) is 2.09. The quantitative estimate of drug-likeness (QED) is 0.335. The molecule has 1 aromatic carbocycles. The number of hydrogen-bond donors (Lipinski definition) is 2. The lowest BCUT2D eigenvalue weighted by Crippen LogP contribution is -2.64. The highest BCUT2D eigenvalue weighted by molar-refractivity contribution is 5.99. The minimum absolute atomic E-state index is 0.115. The maximum absolute atomic E-state index is 13.5. The van der Waals surface area contributed by atoms with Crippen LogP contribution in [0.3, 0.4) is 0 Å². The van der Waals surface area contributed by atoms with E-state index in [-0.39, 0.29) is 24.3 Å². The topological polar surface area (TPSA) is 58.2 Å². The van der Waals surface area contributed by atoms with Crippen molar-refractivity contribution in [3.8, 4) is 0 Å². The molecule has 0 atom stereocenters. The van der Waals surface area contributed by atoms with Gasteiger partial charge < -0.3 is 10.6 Å². The van der Waals surface area contributed by atoms with E-state index < -0.39 is 71.1 Å². The molecule has 4 nitrogen and oxygen atoms in total. The Bertz CT molecular complexity index is 959. The lowest BCUT2D eigenvalue weighted by molar-refractivity contribution is -0.388. The highest BCUT2D eigenvalue weighted by atomic mass is 19.4. The van der Waals surface area contributed by atoms with E-state index in [0.717, 1.165) is 0 Å². The highest BCUT2D eigenvalue weighted by Crippen LogP contribution is 2.54. The monoisotopic (exact) mass is 600 g/mol. The molecule has 0 aliphatic carbocycles. The molecule has 0 aliphatic heterocycles. The van der Waals surface area contributed by atoms with Crippen molar-refractivity contribution in [2.24, 2.45) is 0 Å². The van der Waals surface area contributed by atoms with Crippen molar-refractivity contribution in [2.45, 2.75) is 47.9 Å². The van der Waals surface area contributed by atoms with Gasteiger partial charge in [-0.25, -0.2) is 0 Å². The van der Waals surface area contributed by atoms with Gasteiger partial charge in [0, 0.05) is 11.4 Å². The zero-order valence-corrected chi connectivity index (χ0v) is 16.9. The first-order valence-electron chi connectivity index (χ1n) is 8.63. The molecule has 0 unspecified atom stereocenters. The average Bonchev–Trinajstić information content (AvgIpc) is 2.72. The second-order valence-corrected chi connectivity index (χ2v) is 6.93. The number of anilines is 2. The first-order valence-corrected chi connectivity index (χ1v) is 8.63. The first kappa shape index (κ1) is 32.9. The number of rotatable bonds is 8. The van der Waals surface area contributed by atoms with E-state index in [1.165, 1.54) is 0 Å². The zero-order valence-electron chi connectivity index (χ0n) is 16.9. The number of halogens is 18. The first-order chi connectivity index (χ1) is 16.5. The van der Waals surface area contributed by atoms with Gasteiger partial charge in [0.1, 0.15) is 0 Å². The lowest BCUT2D eigenvalue weighted by atomic mass is 10.0. The number of carbonyl (C=O) groups excluding carboxylic acids is 2. The van der Waals surface area contributed by atoms with Crippen LogP contribution in [-0.2, 0) is 9.59 Å². The van der Waals surface area contributed by atoms with E-state index >= 15 is 0 Å². The predicted molar refractivity (Wildman–Crippen MR) is 85.5 cm³/mol. The Morgan fingerprint density at radius 3 is 0.816 bits per heavy atom. The maximum Gasteiger partial charge on any atom is 0.460 e. The van der Waals surface area contributed by atoms with Crippen molar-refractivity contribution in [1.82, 2.24) is 0 Å². The van der Waals surface area contributed by atoms with Crippen molar-refractivity contribution >= 4 is 23.2 Å². The zero-order chi connectivity index (χ0) is 30.6. The molecule has 2 amide bonds. The molecule has 0 radical (unpaired) electrons. The van der Waals surface area contributed by atoms with E-state index in [0.29, 0.717) is 10.6 Å². The van der Waals surface area contributed by atoms with Crippen LogP contribution >= 0.6 is 0 Å². The van der Waals surface area contributed by atoms with Gasteiger partial charge in [0.15, 0.2) is 0 Å². The molecule has 1 rings (SSSR count). The number of hydrogen-bond acceptors (Lipinski definition) is 2. The smallest absolute Gasteiger partial charge is 0.321 e. The number of nitrogens with one attached hydrogen (secondary N) is 2. The fourth-order valence-corrected chi connectivity index (χ4v) is 2.09. The third-order valence-corrected chi connectivity index (χ3v) is 4.26. The van der Waals surface area contributed by atoms with E-state index in [1.807, 2.05) is 0 Å². The summed E-state index contributed by atoms with van der Waals surface area (Å²) in [6.07, 6.45) is -14.5. The lowest BCUT2D eigenvalue weighted by Gasteiger charge is -2.32. The van der Waals surface area contributed by atoms with Gasteiger partial charge in [-0.05, 0) is 24.3 Å². The van der Waals surface area contributed by atoms with Gasteiger partial charge in [-0.3, -0.25) is 9.59 Å². The van der Waals surface area contributed by atoms with Crippen LogP contribution in [0.2, 0.25) is 0 Å². The van der Waals surface area contributed by atoms with Crippen LogP contribution in [0.4, 0.5) is 90.4 Å². The molecule has 0 aliphatic rings. The molecular formula is C16H6F18N2O2. The minimum atomic E-state index is -7.44. The summed E-state index contributed by atoms with van der Waals surface area (Å²) in [4.78, 5) is 22.6. The summed E-state index contributed by atoms with van der Waals surface area (Å²) in [6, 6.07) is 0.461. The van der Waals surface area contributed by atoms with Gasteiger partial charge in [0.2, 0.25) is 0 Å². The predicted octanol–water partition coefficient (Wildman–Crippen LogP) is 6.50. The average molecular weight is 600 g/mol. The Morgan fingerprint density at radius 2 is 0.632 bits per heavy atom. The molecule has 0 fully saturated rings. The molecule has 218 valence electrons. The van der Waals surface area contributed by atoms with E-state index in [1.54, 1.807) is 0 Å². The van der Waals surface area contributed by atoms with Gasteiger partial charge in [0.25, 0.3) is 0 Å². The minimum Gasteiger partial charge on any atom is -0.321 e. The van der Waals surface area contributed by atoms with Crippen molar-refractivity contribution < 1.29 is 88.6 Å². The van der Waals surface area contributed by atoms with Gasteiger partial charge in [-0.1, -0.05) is 0 Å². The number of amides is 2. The van der Waals surface area contributed by atoms with Gasteiger partial charge in [-0.2, -0.15) is 79.0 Å². The Labute approximate surface area is 195 Å².